The maximum absolute atomic E-state index is 10.6. The third-order valence-electron chi connectivity index (χ3n) is 3.43. The van der Waals surface area contributed by atoms with Gasteiger partial charge in [0.1, 0.15) is 5.69 Å². The van der Waals surface area contributed by atoms with Crippen LogP contribution in [0, 0.1) is 27.7 Å². The minimum atomic E-state index is 0.360. The van der Waals surface area contributed by atoms with Crippen molar-refractivity contribution in [3.8, 4) is 11.3 Å². The molecule has 18 heavy (non-hydrogen) atoms. The molecule has 0 unspecified atom stereocenters. The average molecular weight is 240 g/mol. The second-order valence-electron chi connectivity index (χ2n) is 4.60. The van der Waals surface area contributed by atoms with Crippen molar-refractivity contribution < 1.29 is 4.79 Å². The van der Waals surface area contributed by atoms with E-state index in [1.54, 1.807) is 6.07 Å². The van der Waals surface area contributed by atoms with Crippen molar-refractivity contribution in [1.29, 1.82) is 0 Å². The molecule has 0 radical (unpaired) electrons. The normalized spacial score (nSPS) is 10.4. The highest BCUT2D eigenvalue weighted by Gasteiger charge is 2.12. The molecule has 1 aromatic heterocycles. The Hall–Kier alpha value is -2.03. The number of aryl methyl sites for hydroxylation is 2. The predicted octanol–water partition coefficient (Wildman–Crippen LogP) is 3.19. The molecule has 1 heterocycles. The molecule has 0 aliphatic heterocycles. The molecule has 0 saturated carbocycles. The van der Waals surface area contributed by atoms with E-state index in [0.29, 0.717) is 12.0 Å². The molecule has 3 nitrogen and oxygen atoms in total. The highest BCUT2D eigenvalue weighted by Crippen LogP contribution is 2.29. The Morgan fingerprint density at radius 3 is 2.00 bits per heavy atom. The first-order chi connectivity index (χ1) is 8.54. The van der Waals surface area contributed by atoms with Crippen LogP contribution in [0.15, 0.2) is 18.2 Å². The predicted molar refractivity (Wildman–Crippen MR) is 71.8 cm³/mol. The highest BCUT2D eigenvalue weighted by molar-refractivity contribution is 5.74. The molecule has 0 atom stereocenters. The van der Waals surface area contributed by atoms with Crippen molar-refractivity contribution in [2.24, 2.45) is 0 Å². The highest BCUT2D eigenvalue weighted by atomic mass is 16.1. The summed E-state index contributed by atoms with van der Waals surface area (Å²) in [4.78, 5) is 10.6. The first kappa shape index (κ1) is 12.4. The molecule has 0 saturated heterocycles. The van der Waals surface area contributed by atoms with Gasteiger partial charge >= 0.3 is 0 Å². The fourth-order valence-electron chi connectivity index (χ4n) is 2.14. The molecule has 0 aliphatic carbocycles. The standard InChI is InChI=1S/C15H16N2O/c1-9-7-10(2)12(4)15(11(9)3)14-6-5-13(8-18)16-17-14/h5-8H,1-4H3. The zero-order chi connectivity index (χ0) is 13.3. The quantitative estimate of drug-likeness (QED) is 0.757. The Morgan fingerprint density at radius 2 is 1.56 bits per heavy atom. The summed E-state index contributed by atoms with van der Waals surface area (Å²) in [5.74, 6) is 0. The van der Waals surface area contributed by atoms with Gasteiger partial charge in [0.2, 0.25) is 0 Å². The van der Waals surface area contributed by atoms with Crippen molar-refractivity contribution in [2.45, 2.75) is 27.7 Å². The molecule has 0 amide bonds. The largest absolute Gasteiger partial charge is 0.296 e. The Bertz CT molecular complexity index is 575. The van der Waals surface area contributed by atoms with Crippen molar-refractivity contribution in [1.82, 2.24) is 10.2 Å². The van der Waals surface area contributed by atoms with Crippen LogP contribution in [-0.2, 0) is 0 Å². The van der Waals surface area contributed by atoms with Crippen molar-refractivity contribution >= 4 is 6.29 Å². The van der Waals surface area contributed by atoms with Crippen molar-refractivity contribution in [3.05, 3.63) is 46.1 Å². The minimum Gasteiger partial charge on any atom is -0.296 e. The molecule has 92 valence electrons. The summed E-state index contributed by atoms with van der Waals surface area (Å²) in [6.07, 6.45) is 0.706. The third kappa shape index (κ3) is 2.04. The molecular weight excluding hydrogens is 224 g/mol. The topological polar surface area (TPSA) is 42.9 Å². The summed E-state index contributed by atoms with van der Waals surface area (Å²) < 4.78 is 0. The van der Waals surface area contributed by atoms with E-state index < -0.39 is 0 Å². The van der Waals surface area contributed by atoms with Crippen molar-refractivity contribution in [3.63, 3.8) is 0 Å². The molecule has 2 rings (SSSR count). The number of rotatable bonds is 2. The molecule has 0 aliphatic rings. The summed E-state index contributed by atoms with van der Waals surface area (Å²) in [6.45, 7) is 8.37. The lowest BCUT2D eigenvalue weighted by molar-refractivity contribution is 0.111. The number of carbonyl (C=O) groups excluding carboxylic acids is 1. The molecular formula is C15H16N2O. The van der Waals surface area contributed by atoms with Gasteiger partial charge in [-0.15, -0.1) is 10.2 Å². The van der Waals surface area contributed by atoms with Crippen LogP contribution in [0.2, 0.25) is 0 Å². The monoisotopic (exact) mass is 240 g/mol. The lowest BCUT2D eigenvalue weighted by Crippen LogP contribution is -1.99. The number of aldehydes is 1. The summed E-state index contributed by atoms with van der Waals surface area (Å²) in [5.41, 5.74) is 7.22. The molecule has 0 spiro atoms. The smallest absolute Gasteiger partial charge is 0.170 e. The van der Waals surface area contributed by atoms with Gasteiger partial charge in [-0.3, -0.25) is 4.79 Å². The van der Waals surface area contributed by atoms with E-state index in [1.807, 2.05) is 6.07 Å². The van der Waals surface area contributed by atoms with E-state index in [2.05, 4.69) is 44.0 Å². The van der Waals surface area contributed by atoms with E-state index in [-0.39, 0.29) is 0 Å². The number of aromatic nitrogens is 2. The van der Waals surface area contributed by atoms with E-state index in [9.17, 15) is 4.79 Å². The number of carbonyl (C=O) groups is 1. The molecule has 1 aromatic carbocycles. The van der Waals surface area contributed by atoms with Gasteiger partial charge in [-0.05, 0) is 62.1 Å². The summed E-state index contributed by atoms with van der Waals surface area (Å²) in [5, 5.41) is 8.04. The van der Waals surface area contributed by atoms with Gasteiger partial charge in [-0.2, -0.15) is 0 Å². The van der Waals surface area contributed by atoms with Crippen LogP contribution in [-0.4, -0.2) is 16.5 Å². The zero-order valence-electron chi connectivity index (χ0n) is 11.1. The Balaban J connectivity index is 2.65. The molecule has 0 N–H and O–H groups in total. The average Bonchev–Trinajstić information content (AvgIpc) is 2.37. The minimum absolute atomic E-state index is 0.360. The van der Waals surface area contributed by atoms with Gasteiger partial charge in [-0.25, -0.2) is 0 Å². The van der Waals surface area contributed by atoms with Crippen LogP contribution in [0.3, 0.4) is 0 Å². The van der Waals surface area contributed by atoms with Crippen LogP contribution in [0.4, 0.5) is 0 Å². The number of benzene rings is 1. The second kappa shape index (κ2) is 4.69. The maximum Gasteiger partial charge on any atom is 0.170 e. The van der Waals surface area contributed by atoms with E-state index in [4.69, 9.17) is 0 Å². The van der Waals surface area contributed by atoms with Gasteiger partial charge in [-0.1, -0.05) is 6.07 Å². The first-order valence-electron chi connectivity index (χ1n) is 5.91. The van der Waals surface area contributed by atoms with Gasteiger partial charge in [0, 0.05) is 5.56 Å². The number of hydrogen-bond donors (Lipinski definition) is 0. The van der Waals surface area contributed by atoms with Crippen molar-refractivity contribution in [2.75, 3.05) is 0 Å². The van der Waals surface area contributed by atoms with E-state index in [1.165, 1.54) is 22.3 Å². The van der Waals surface area contributed by atoms with E-state index in [0.717, 1.165) is 11.3 Å². The fourth-order valence-corrected chi connectivity index (χ4v) is 2.14. The molecule has 0 bridgehead atoms. The summed E-state index contributed by atoms with van der Waals surface area (Å²) in [6, 6.07) is 5.73. The fraction of sp³-hybridized carbons (Fsp3) is 0.267. The number of nitrogens with zero attached hydrogens (tertiary/aromatic N) is 2. The zero-order valence-corrected chi connectivity index (χ0v) is 11.1. The van der Waals surface area contributed by atoms with Crippen LogP contribution >= 0.6 is 0 Å². The number of hydrogen-bond acceptors (Lipinski definition) is 3. The van der Waals surface area contributed by atoms with Gasteiger partial charge in [0.25, 0.3) is 0 Å². The van der Waals surface area contributed by atoms with Crippen LogP contribution in [0.25, 0.3) is 11.3 Å². The molecule has 3 heteroatoms. The molecule has 0 fully saturated rings. The Kier molecular flexibility index (Phi) is 3.24. The second-order valence-corrected chi connectivity index (χ2v) is 4.60. The van der Waals surface area contributed by atoms with Gasteiger partial charge in [0.15, 0.2) is 6.29 Å². The maximum atomic E-state index is 10.6. The van der Waals surface area contributed by atoms with Gasteiger partial charge in [0.05, 0.1) is 5.69 Å². The SMILES string of the molecule is Cc1cc(C)c(C)c(-c2ccc(C=O)nn2)c1C. The lowest BCUT2D eigenvalue weighted by atomic mass is 9.92. The Labute approximate surface area is 107 Å². The first-order valence-corrected chi connectivity index (χ1v) is 5.91. The summed E-state index contributed by atoms with van der Waals surface area (Å²) >= 11 is 0. The third-order valence-corrected chi connectivity index (χ3v) is 3.43. The van der Waals surface area contributed by atoms with Crippen LogP contribution < -0.4 is 0 Å². The van der Waals surface area contributed by atoms with E-state index >= 15 is 0 Å². The summed E-state index contributed by atoms with van der Waals surface area (Å²) in [7, 11) is 0. The van der Waals surface area contributed by atoms with Gasteiger partial charge < -0.3 is 0 Å². The van der Waals surface area contributed by atoms with Crippen LogP contribution in [0.5, 0.6) is 0 Å². The molecule has 2 aromatic rings. The van der Waals surface area contributed by atoms with Crippen LogP contribution in [0.1, 0.15) is 32.7 Å². The Morgan fingerprint density at radius 1 is 0.944 bits per heavy atom. The lowest BCUT2D eigenvalue weighted by Gasteiger charge is -2.14.